The number of fused-ring (bicyclic) bond motifs is 6. The van der Waals surface area contributed by atoms with E-state index in [1.54, 1.807) is 0 Å². The van der Waals surface area contributed by atoms with Crippen LogP contribution in [0.4, 0.5) is 34.1 Å². The van der Waals surface area contributed by atoms with Crippen LogP contribution in [0.5, 0.6) is 0 Å². The van der Waals surface area contributed by atoms with Crippen molar-refractivity contribution in [2.24, 2.45) is 0 Å². The summed E-state index contributed by atoms with van der Waals surface area (Å²) in [5.74, 6) is 0. The van der Waals surface area contributed by atoms with Crippen molar-refractivity contribution in [3.63, 3.8) is 0 Å². The van der Waals surface area contributed by atoms with Crippen LogP contribution in [0.1, 0.15) is 61.1 Å². The molecule has 0 N–H and O–H groups in total. The van der Waals surface area contributed by atoms with E-state index in [-0.39, 0.29) is 10.8 Å². The monoisotopic (exact) mass is 796 g/mol. The van der Waals surface area contributed by atoms with Gasteiger partial charge in [0.1, 0.15) is 0 Å². The van der Waals surface area contributed by atoms with E-state index in [4.69, 9.17) is 0 Å². The zero-order valence-electron chi connectivity index (χ0n) is 36.2. The maximum absolute atomic E-state index is 2.51. The molecule has 0 spiro atoms. The van der Waals surface area contributed by atoms with Gasteiger partial charge in [-0.05, 0) is 152 Å². The molecule has 0 aliphatic heterocycles. The van der Waals surface area contributed by atoms with E-state index in [1.165, 1.54) is 111 Å². The smallest absolute Gasteiger partial charge is 0.0540 e. The molecule has 12 rings (SSSR count). The zero-order valence-corrected chi connectivity index (χ0v) is 36.2. The summed E-state index contributed by atoms with van der Waals surface area (Å²) in [5, 5.41) is 7.55. The number of anilines is 6. The molecule has 298 valence electrons. The van der Waals surface area contributed by atoms with Crippen molar-refractivity contribution in [2.75, 3.05) is 9.80 Å². The Bertz CT molecular complexity index is 3200. The lowest BCUT2D eigenvalue weighted by Gasteiger charge is -2.32. The molecule has 0 radical (unpaired) electrons. The lowest BCUT2D eigenvalue weighted by atomic mass is 9.82. The predicted molar refractivity (Wildman–Crippen MR) is 264 cm³/mol. The number of hydrogen-bond acceptors (Lipinski definition) is 2. The molecule has 2 heteroatoms. The van der Waals surface area contributed by atoms with Crippen molar-refractivity contribution in [3.05, 3.63) is 215 Å². The van der Waals surface area contributed by atoms with Gasteiger partial charge >= 0.3 is 0 Å². The van der Waals surface area contributed by atoms with Gasteiger partial charge in [0.2, 0.25) is 0 Å². The topological polar surface area (TPSA) is 6.48 Å². The number of para-hydroxylation sites is 2. The normalized spacial score (nSPS) is 14.2. The molecule has 0 unspecified atom stereocenters. The average molecular weight is 797 g/mol. The van der Waals surface area contributed by atoms with Crippen molar-refractivity contribution in [3.8, 4) is 22.3 Å². The maximum Gasteiger partial charge on any atom is 0.0540 e. The Balaban J connectivity index is 1.09. The zero-order chi connectivity index (χ0) is 42.1. The van der Waals surface area contributed by atoms with Gasteiger partial charge in [-0.1, -0.05) is 149 Å². The second-order valence-corrected chi connectivity index (χ2v) is 18.6. The summed E-state index contributed by atoms with van der Waals surface area (Å²) in [6.45, 7) is 14.1. The van der Waals surface area contributed by atoms with Crippen LogP contribution in [0.3, 0.4) is 0 Å². The Morgan fingerprint density at radius 2 is 0.694 bits per heavy atom. The molecule has 0 heterocycles. The molecular weight excluding hydrogens is 749 g/mol. The molecule has 0 saturated carbocycles. The van der Waals surface area contributed by atoms with Crippen molar-refractivity contribution in [1.82, 2.24) is 0 Å². The minimum Gasteiger partial charge on any atom is -0.310 e. The lowest BCUT2D eigenvalue weighted by Crippen LogP contribution is -2.17. The van der Waals surface area contributed by atoms with E-state index >= 15 is 0 Å². The third-order valence-corrected chi connectivity index (χ3v) is 14.4. The van der Waals surface area contributed by atoms with E-state index in [9.17, 15) is 0 Å². The van der Waals surface area contributed by atoms with Crippen LogP contribution in [0.2, 0.25) is 0 Å². The minimum atomic E-state index is -0.114. The van der Waals surface area contributed by atoms with E-state index < -0.39 is 0 Å². The van der Waals surface area contributed by atoms with Crippen LogP contribution in [-0.2, 0) is 10.8 Å². The average Bonchev–Trinajstić information content (AvgIpc) is 3.65. The summed E-state index contributed by atoms with van der Waals surface area (Å²) in [5.41, 5.74) is 20.3. The summed E-state index contributed by atoms with van der Waals surface area (Å²) in [6, 6.07) is 68.3. The predicted octanol–water partition coefficient (Wildman–Crippen LogP) is 16.8. The highest BCUT2D eigenvalue weighted by Crippen LogP contribution is 2.55. The number of hydrogen-bond donors (Lipinski definition) is 0. The van der Waals surface area contributed by atoms with E-state index in [0.717, 1.165) is 11.4 Å². The Kier molecular flexibility index (Phi) is 7.79. The summed E-state index contributed by atoms with van der Waals surface area (Å²) >= 11 is 0. The highest BCUT2D eigenvalue weighted by Gasteiger charge is 2.38. The maximum atomic E-state index is 2.51. The molecule has 0 aromatic heterocycles. The first-order valence-corrected chi connectivity index (χ1v) is 22.0. The first kappa shape index (κ1) is 36.7. The van der Waals surface area contributed by atoms with Crippen LogP contribution in [0, 0.1) is 13.8 Å². The number of rotatable bonds is 6. The Labute approximate surface area is 364 Å². The fourth-order valence-electron chi connectivity index (χ4n) is 11.3. The molecule has 2 nitrogen and oxygen atoms in total. The third kappa shape index (κ3) is 5.10. The molecule has 0 amide bonds. The second-order valence-electron chi connectivity index (χ2n) is 18.6. The van der Waals surface area contributed by atoms with E-state index in [2.05, 4.69) is 233 Å². The standard InChI is InChI=1S/C60H48N2/c1-37-33-47-43-21-13-15-23-49(43)59(3,4)51(47)35-55(37)61(41-17-9-7-10-18-41)53-31-27-39-26-30-46-54(32-28-40-25-29-45(53)57(39)58(40)46)62(42-19-11-8-12-20-42)56-36-52-48(34-38(56)2)44-22-14-16-24-50(44)60(52,5)6/h7-36H,1-6H3. The molecule has 62 heavy (non-hydrogen) atoms. The molecule has 2 aliphatic carbocycles. The minimum absolute atomic E-state index is 0.114. The summed E-state index contributed by atoms with van der Waals surface area (Å²) < 4.78 is 0. The lowest BCUT2D eigenvalue weighted by molar-refractivity contribution is 0.660. The van der Waals surface area contributed by atoms with Crippen LogP contribution < -0.4 is 9.80 Å². The molecule has 2 aliphatic rings. The summed E-state index contributed by atoms with van der Waals surface area (Å²) in [4.78, 5) is 5.01. The fourth-order valence-corrected chi connectivity index (χ4v) is 11.3. The number of nitrogens with zero attached hydrogens (tertiary/aromatic N) is 2. The van der Waals surface area contributed by atoms with Crippen molar-refractivity contribution in [2.45, 2.75) is 52.4 Å². The van der Waals surface area contributed by atoms with Gasteiger partial charge in [-0.15, -0.1) is 0 Å². The molecule has 10 aromatic carbocycles. The fraction of sp³-hybridized carbons (Fsp3) is 0.133. The van der Waals surface area contributed by atoms with Gasteiger partial charge in [0.05, 0.1) is 11.4 Å². The quantitative estimate of drug-likeness (QED) is 0.155. The van der Waals surface area contributed by atoms with Crippen molar-refractivity contribution < 1.29 is 0 Å². The number of aryl methyl sites for hydroxylation is 2. The van der Waals surface area contributed by atoms with Crippen LogP contribution in [0.15, 0.2) is 182 Å². The van der Waals surface area contributed by atoms with Gasteiger partial charge in [-0.25, -0.2) is 0 Å². The highest BCUT2D eigenvalue weighted by molar-refractivity contribution is 6.28. The van der Waals surface area contributed by atoms with E-state index in [0.29, 0.717) is 0 Å². The SMILES string of the molecule is Cc1cc2c(cc1N(c1ccccc1)c1ccc3ccc4c(N(c5ccccc5)c5cc6c(cc5C)-c5ccccc5C6(C)C)ccc5ccc1c3c54)C(C)(C)c1ccccc1-2. The molecule has 0 atom stereocenters. The van der Waals surface area contributed by atoms with Gasteiger partial charge in [-0.2, -0.15) is 0 Å². The van der Waals surface area contributed by atoms with Crippen LogP contribution in [-0.4, -0.2) is 0 Å². The summed E-state index contributed by atoms with van der Waals surface area (Å²) in [6.07, 6.45) is 0. The first-order chi connectivity index (χ1) is 30.1. The van der Waals surface area contributed by atoms with Gasteiger partial charge in [0, 0.05) is 44.4 Å². The van der Waals surface area contributed by atoms with Crippen LogP contribution >= 0.6 is 0 Å². The molecule has 0 fully saturated rings. The van der Waals surface area contributed by atoms with Gasteiger partial charge in [-0.3, -0.25) is 0 Å². The second kappa shape index (κ2) is 13.2. The van der Waals surface area contributed by atoms with E-state index in [1.807, 2.05) is 0 Å². The molecular formula is C60H48N2. The Morgan fingerprint density at radius 1 is 0.323 bits per heavy atom. The molecule has 10 aromatic rings. The van der Waals surface area contributed by atoms with Gasteiger partial charge in [0.15, 0.2) is 0 Å². The largest absolute Gasteiger partial charge is 0.310 e. The van der Waals surface area contributed by atoms with Gasteiger partial charge < -0.3 is 9.80 Å². The van der Waals surface area contributed by atoms with Crippen molar-refractivity contribution >= 4 is 66.4 Å². The Hall–Kier alpha value is -7.16. The van der Waals surface area contributed by atoms with Crippen molar-refractivity contribution in [1.29, 1.82) is 0 Å². The highest BCUT2D eigenvalue weighted by atomic mass is 15.2. The number of benzene rings is 10. The molecule has 0 bridgehead atoms. The first-order valence-electron chi connectivity index (χ1n) is 22.0. The van der Waals surface area contributed by atoms with Crippen LogP contribution in [0.25, 0.3) is 54.6 Å². The van der Waals surface area contributed by atoms with Gasteiger partial charge in [0.25, 0.3) is 0 Å². The molecule has 0 saturated heterocycles. The third-order valence-electron chi connectivity index (χ3n) is 14.4. The Morgan fingerprint density at radius 3 is 1.11 bits per heavy atom. The summed E-state index contributed by atoms with van der Waals surface area (Å²) in [7, 11) is 0.